The van der Waals surface area contributed by atoms with Crippen molar-refractivity contribution in [2.75, 3.05) is 64.9 Å². The van der Waals surface area contributed by atoms with Gasteiger partial charge >= 0.3 is 0 Å². The van der Waals surface area contributed by atoms with Crippen molar-refractivity contribution >= 4 is 35.6 Å². The molecule has 2 heterocycles. The number of rotatable bonds is 9. The molecule has 0 bridgehead atoms. The van der Waals surface area contributed by atoms with Crippen LogP contribution in [-0.2, 0) is 0 Å². The van der Waals surface area contributed by atoms with Crippen LogP contribution in [0, 0.1) is 0 Å². The smallest absolute Gasteiger partial charge is 0.191 e. The van der Waals surface area contributed by atoms with Gasteiger partial charge in [-0.1, -0.05) is 0 Å². The van der Waals surface area contributed by atoms with Crippen molar-refractivity contribution in [3.8, 4) is 11.5 Å². The number of ether oxygens (including phenoxy) is 2. The van der Waals surface area contributed by atoms with Crippen molar-refractivity contribution in [2.24, 2.45) is 4.99 Å². The minimum atomic E-state index is -0.108. The Bertz CT molecular complexity index is 691. The number of hydrogen-bond acceptors (Lipinski definition) is 6. The van der Waals surface area contributed by atoms with Gasteiger partial charge in [0.25, 0.3) is 0 Å². The Balaban J connectivity index is 0.00000363. The summed E-state index contributed by atoms with van der Waals surface area (Å²) in [4.78, 5) is 9.58. The van der Waals surface area contributed by atoms with E-state index in [1.807, 2.05) is 6.07 Å². The fourth-order valence-corrected chi connectivity index (χ4v) is 4.23. The molecule has 3 rings (SSSR count). The number of hydrogen-bond donors (Lipinski definition) is 3. The lowest BCUT2D eigenvalue weighted by atomic mass is 10.1. The number of piperidine rings is 1. The number of guanidine groups is 1. The molecule has 0 amide bonds. The van der Waals surface area contributed by atoms with Gasteiger partial charge in [0.05, 0.1) is 20.3 Å². The van der Waals surface area contributed by atoms with Gasteiger partial charge in [0.1, 0.15) is 11.5 Å². The quantitative estimate of drug-likeness (QED) is 0.185. The van der Waals surface area contributed by atoms with Crippen LogP contribution in [0.25, 0.3) is 0 Å². The summed E-state index contributed by atoms with van der Waals surface area (Å²) in [5.74, 6) is 2.51. The van der Waals surface area contributed by atoms with Crippen LogP contribution in [0.3, 0.4) is 0 Å². The number of nitrogens with zero attached hydrogens (tertiary/aromatic N) is 3. The zero-order chi connectivity index (χ0) is 22.1. The zero-order valence-corrected chi connectivity index (χ0v) is 22.0. The van der Waals surface area contributed by atoms with Crippen molar-refractivity contribution in [2.45, 2.75) is 44.8 Å². The highest BCUT2D eigenvalue weighted by Crippen LogP contribution is 2.30. The van der Waals surface area contributed by atoms with Gasteiger partial charge in [-0.25, -0.2) is 0 Å². The van der Waals surface area contributed by atoms with E-state index in [4.69, 9.17) is 14.5 Å². The predicted octanol–water partition coefficient (Wildman–Crippen LogP) is 2.30. The summed E-state index contributed by atoms with van der Waals surface area (Å²) < 4.78 is 10.8. The van der Waals surface area contributed by atoms with E-state index >= 15 is 0 Å². The Labute approximate surface area is 209 Å². The Morgan fingerprint density at radius 2 is 1.78 bits per heavy atom. The summed E-state index contributed by atoms with van der Waals surface area (Å²) in [5.41, 5.74) is 1.12. The summed E-state index contributed by atoms with van der Waals surface area (Å²) in [6.07, 6.45) is 3.77. The first-order chi connectivity index (χ1) is 15.1. The molecule has 1 atom stereocenters. The highest BCUT2D eigenvalue weighted by Gasteiger charge is 2.24. The molecule has 2 saturated heterocycles. The van der Waals surface area contributed by atoms with Gasteiger partial charge in [0, 0.05) is 69.2 Å². The molecule has 1 unspecified atom stereocenters. The number of aliphatic hydroxyl groups is 1. The van der Waals surface area contributed by atoms with E-state index in [2.05, 4.69) is 39.5 Å². The molecule has 2 aliphatic heterocycles. The molecule has 8 nitrogen and oxygen atoms in total. The molecule has 0 spiro atoms. The topological polar surface area (TPSA) is 81.6 Å². The normalized spacial score (nSPS) is 20.1. The van der Waals surface area contributed by atoms with Crippen LogP contribution in [0.2, 0.25) is 0 Å². The van der Waals surface area contributed by atoms with Gasteiger partial charge in [0.15, 0.2) is 5.96 Å². The number of nitrogens with one attached hydrogen (secondary N) is 2. The van der Waals surface area contributed by atoms with E-state index in [-0.39, 0.29) is 30.1 Å². The summed E-state index contributed by atoms with van der Waals surface area (Å²) in [6.45, 7) is 8.68. The molecule has 0 aromatic heterocycles. The maximum atomic E-state index is 9.63. The lowest BCUT2D eigenvalue weighted by Crippen LogP contribution is -2.44. The molecule has 3 N–H and O–H groups in total. The summed E-state index contributed by atoms with van der Waals surface area (Å²) >= 11 is 0. The van der Waals surface area contributed by atoms with Crippen molar-refractivity contribution < 1.29 is 14.6 Å². The second kappa shape index (κ2) is 13.9. The average Bonchev–Trinajstić information content (AvgIpc) is 3.26. The molecule has 182 valence electrons. The maximum Gasteiger partial charge on any atom is 0.191 e. The van der Waals surface area contributed by atoms with Gasteiger partial charge < -0.3 is 35.0 Å². The van der Waals surface area contributed by atoms with Crippen LogP contribution < -0.4 is 25.0 Å². The molecular weight excluding hydrogens is 521 g/mol. The maximum absolute atomic E-state index is 9.63. The van der Waals surface area contributed by atoms with Crippen LogP contribution in [0.5, 0.6) is 11.5 Å². The van der Waals surface area contributed by atoms with Gasteiger partial charge in [-0.15, -0.1) is 24.0 Å². The van der Waals surface area contributed by atoms with E-state index in [1.165, 1.54) is 0 Å². The van der Waals surface area contributed by atoms with Crippen LogP contribution in [-0.4, -0.2) is 88.1 Å². The van der Waals surface area contributed by atoms with Crippen LogP contribution >= 0.6 is 24.0 Å². The summed E-state index contributed by atoms with van der Waals surface area (Å²) in [7, 11) is 3.36. The molecule has 1 aromatic carbocycles. The third-order valence-electron chi connectivity index (χ3n) is 6.03. The van der Waals surface area contributed by atoms with E-state index < -0.39 is 0 Å². The highest BCUT2D eigenvalue weighted by atomic mass is 127. The molecule has 32 heavy (non-hydrogen) atoms. The fraction of sp³-hybridized carbons (Fsp3) is 0.696. The third kappa shape index (κ3) is 8.15. The lowest BCUT2D eigenvalue weighted by Gasteiger charge is -2.29. The number of likely N-dealkylation sites (tertiary alicyclic amines) is 1. The number of aliphatic imine (C=N–C) groups is 1. The first-order valence-corrected chi connectivity index (χ1v) is 11.5. The number of aliphatic hydroxyl groups excluding tert-OH is 1. The second-order valence-electron chi connectivity index (χ2n) is 8.33. The van der Waals surface area contributed by atoms with E-state index in [9.17, 15) is 5.11 Å². The van der Waals surface area contributed by atoms with Gasteiger partial charge in [-0.2, -0.15) is 0 Å². The molecule has 2 fully saturated rings. The van der Waals surface area contributed by atoms with Crippen LogP contribution in [0.1, 0.15) is 32.6 Å². The summed E-state index contributed by atoms with van der Waals surface area (Å²) in [6, 6.07) is 6.36. The SMILES string of the molecule is CCNC(=NCCCN1CCC(O)CC1)NC1CCN(c2cc(OC)cc(OC)c2)C1.I. The summed E-state index contributed by atoms with van der Waals surface area (Å²) in [5, 5.41) is 16.6. The minimum absolute atomic E-state index is 0. The monoisotopic (exact) mass is 561 g/mol. The average molecular weight is 562 g/mol. The van der Waals surface area contributed by atoms with Crippen molar-refractivity contribution in [1.29, 1.82) is 0 Å². The number of anilines is 1. The van der Waals surface area contributed by atoms with Crippen molar-refractivity contribution in [3.05, 3.63) is 18.2 Å². The Morgan fingerprint density at radius 3 is 2.41 bits per heavy atom. The largest absolute Gasteiger partial charge is 0.497 e. The second-order valence-corrected chi connectivity index (χ2v) is 8.33. The van der Waals surface area contributed by atoms with Gasteiger partial charge in [0.2, 0.25) is 0 Å². The number of halogens is 1. The molecule has 1 aromatic rings. The zero-order valence-electron chi connectivity index (χ0n) is 19.7. The van der Waals surface area contributed by atoms with Crippen LogP contribution in [0.15, 0.2) is 23.2 Å². The molecule has 0 saturated carbocycles. The highest BCUT2D eigenvalue weighted by molar-refractivity contribution is 14.0. The van der Waals surface area contributed by atoms with Crippen molar-refractivity contribution in [3.63, 3.8) is 0 Å². The first kappa shape index (κ1) is 26.8. The lowest BCUT2D eigenvalue weighted by molar-refractivity contribution is 0.0824. The van der Waals surface area contributed by atoms with E-state index in [0.29, 0.717) is 6.04 Å². The van der Waals surface area contributed by atoms with E-state index in [0.717, 1.165) is 94.6 Å². The standard InChI is InChI=1S/C23H39N5O3.HI/c1-4-24-23(25-9-5-10-27-11-7-20(29)8-12-27)26-18-6-13-28(17-18)19-14-21(30-2)16-22(15-19)31-3;/h14-16,18,20,29H,4-13,17H2,1-3H3,(H2,24,25,26);1H. The Hall–Kier alpha value is -1.46. The Morgan fingerprint density at radius 1 is 1.09 bits per heavy atom. The third-order valence-corrected chi connectivity index (χ3v) is 6.03. The Kier molecular flexibility index (Phi) is 11.7. The van der Waals surface area contributed by atoms with Gasteiger partial charge in [-0.05, 0) is 39.2 Å². The van der Waals surface area contributed by atoms with Crippen molar-refractivity contribution in [1.82, 2.24) is 15.5 Å². The molecular formula is C23H40IN5O3. The number of benzene rings is 1. The van der Waals surface area contributed by atoms with Crippen LogP contribution in [0.4, 0.5) is 5.69 Å². The predicted molar refractivity (Wildman–Crippen MR) is 141 cm³/mol. The fourth-order valence-electron chi connectivity index (χ4n) is 4.23. The molecule has 2 aliphatic rings. The molecule has 0 radical (unpaired) electrons. The minimum Gasteiger partial charge on any atom is -0.497 e. The van der Waals surface area contributed by atoms with Gasteiger partial charge in [-0.3, -0.25) is 4.99 Å². The molecule has 9 heteroatoms. The first-order valence-electron chi connectivity index (χ1n) is 11.5. The van der Waals surface area contributed by atoms with E-state index in [1.54, 1.807) is 14.2 Å². The molecule has 0 aliphatic carbocycles. The number of methoxy groups -OCH3 is 2.